The first kappa shape index (κ1) is 18.0. The van der Waals surface area contributed by atoms with Gasteiger partial charge in [-0.05, 0) is 28.8 Å². The summed E-state index contributed by atoms with van der Waals surface area (Å²) in [6.07, 6.45) is 0.877. The highest BCUT2D eigenvalue weighted by molar-refractivity contribution is 9.10. The molecule has 0 unspecified atom stereocenters. The number of ether oxygens (including phenoxy) is 1. The Morgan fingerprint density at radius 2 is 1.95 bits per heavy atom. The smallest absolute Gasteiger partial charge is 0.391 e. The average Bonchev–Trinajstić information content (AvgIpc) is 2.48. The van der Waals surface area contributed by atoms with E-state index in [1.165, 1.54) is 0 Å². The third-order valence-corrected chi connectivity index (χ3v) is 3.85. The van der Waals surface area contributed by atoms with Gasteiger partial charge in [-0.2, -0.15) is 13.2 Å². The maximum absolute atomic E-state index is 11.9. The molecule has 1 aliphatic rings. The fourth-order valence-electron chi connectivity index (χ4n) is 2.09. The minimum absolute atomic E-state index is 0.351. The number of alkyl halides is 3. The third-order valence-electron chi connectivity index (χ3n) is 3.26. The van der Waals surface area contributed by atoms with Crippen molar-refractivity contribution in [3.05, 3.63) is 16.7 Å². The second-order valence-electron chi connectivity index (χ2n) is 4.72. The topological polar surface area (TPSA) is 60.2 Å². The van der Waals surface area contributed by atoms with Crippen molar-refractivity contribution in [2.75, 3.05) is 12.5 Å². The minimum atomic E-state index is -3.93. The van der Waals surface area contributed by atoms with Gasteiger partial charge in [0.1, 0.15) is 11.6 Å². The zero-order valence-electron chi connectivity index (χ0n) is 11.7. The first-order valence-electron chi connectivity index (χ1n) is 6.61. The van der Waals surface area contributed by atoms with Crippen LogP contribution in [0, 0.1) is 5.92 Å². The largest absolute Gasteiger partial charge is 0.495 e. The summed E-state index contributed by atoms with van der Waals surface area (Å²) in [7, 11) is 1.58. The van der Waals surface area contributed by atoms with Crippen molar-refractivity contribution in [3.8, 4) is 5.75 Å². The summed E-state index contributed by atoms with van der Waals surface area (Å²) >= 11 is 3.26. The summed E-state index contributed by atoms with van der Waals surface area (Å²) in [5.74, 6) is 5.42. The molecule has 8 heteroatoms. The molecule has 2 rings (SSSR count). The molecule has 0 bridgehead atoms. The Morgan fingerprint density at radius 3 is 2.38 bits per heavy atom. The highest BCUT2D eigenvalue weighted by Crippen LogP contribution is 2.37. The molecule has 0 aliphatic heterocycles. The monoisotopic (exact) mass is 369 g/mol. The van der Waals surface area contributed by atoms with E-state index >= 15 is 0 Å². The van der Waals surface area contributed by atoms with E-state index in [4.69, 9.17) is 10.6 Å². The van der Waals surface area contributed by atoms with Crippen LogP contribution in [0.3, 0.4) is 0 Å². The van der Waals surface area contributed by atoms with E-state index in [-0.39, 0.29) is 0 Å². The maximum atomic E-state index is 11.9. The number of anilines is 1. The molecule has 21 heavy (non-hydrogen) atoms. The lowest BCUT2D eigenvalue weighted by atomic mass is 9.89. The van der Waals surface area contributed by atoms with Crippen molar-refractivity contribution in [1.82, 2.24) is 4.98 Å². The van der Waals surface area contributed by atoms with E-state index < -0.39 is 12.1 Å². The molecule has 0 radical (unpaired) electrons. The van der Waals surface area contributed by atoms with Gasteiger partial charge >= 0.3 is 6.18 Å². The molecule has 1 aromatic heterocycles. The predicted molar refractivity (Wildman–Crippen MR) is 78.9 cm³/mol. The number of nitrogens with one attached hydrogen (secondary N) is 1. The Bertz CT molecular complexity index is 437. The van der Waals surface area contributed by atoms with E-state index in [0.29, 0.717) is 24.4 Å². The molecule has 120 valence electrons. The van der Waals surface area contributed by atoms with Gasteiger partial charge in [-0.1, -0.05) is 19.3 Å². The number of rotatable bonds is 2. The quantitative estimate of drug-likeness (QED) is 0.603. The van der Waals surface area contributed by atoms with Crippen LogP contribution in [0.25, 0.3) is 0 Å². The van der Waals surface area contributed by atoms with Gasteiger partial charge in [-0.25, -0.2) is 10.8 Å². The zero-order chi connectivity index (χ0) is 15.9. The van der Waals surface area contributed by atoms with Crippen LogP contribution in [-0.2, 0) is 0 Å². The molecule has 3 N–H and O–H groups in total. The van der Waals surface area contributed by atoms with E-state index in [9.17, 15) is 13.2 Å². The van der Waals surface area contributed by atoms with Gasteiger partial charge in [0.2, 0.25) is 0 Å². The Labute approximate surface area is 130 Å². The van der Waals surface area contributed by atoms with Gasteiger partial charge < -0.3 is 10.2 Å². The normalized spacial score (nSPS) is 15.9. The van der Waals surface area contributed by atoms with Gasteiger partial charge in [-0.3, -0.25) is 0 Å². The summed E-state index contributed by atoms with van der Waals surface area (Å²) in [5.41, 5.74) is 2.42. The second kappa shape index (κ2) is 8.43. The van der Waals surface area contributed by atoms with Crippen molar-refractivity contribution >= 4 is 21.7 Å². The fraction of sp³-hybridized carbons (Fsp3) is 0.615. The summed E-state index contributed by atoms with van der Waals surface area (Å²) < 4.78 is 41.6. The third kappa shape index (κ3) is 6.09. The molecular weight excluding hydrogens is 351 g/mol. The lowest BCUT2D eigenvalue weighted by Crippen LogP contribution is -2.24. The molecule has 0 spiro atoms. The highest BCUT2D eigenvalue weighted by atomic mass is 79.9. The minimum Gasteiger partial charge on any atom is -0.495 e. The number of aromatic nitrogens is 1. The number of hydrogen-bond acceptors (Lipinski definition) is 4. The lowest BCUT2D eigenvalue weighted by Gasteiger charge is -2.23. The van der Waals surface area contributed by atoms with Crippen LogP contribution in [0.4, 0.5) is 19.0 Å². The van der Waals surface area contributed by atoms with Gasteiger partial charge in [0, 0.05) is 12.3 Å². The van der Waals surface area contributed by atoms with Crippen molar-refractivity contribution in [3.63, 3.8) is 0 Å². The van der Waals surface area contributed by atoms with Crippen LogP contribution in [0.5, 0.6) is 5.75 Å². The molecule has 4 nitrogen and oxygen atoms in total. The molecular formula is C13H19BrF3N3O. The first-order valence-corrected chi connectivity index (χ1v) is 7.40. The Kier molecular flexibility index (Phi) is 7.24. The predicted octanol–water partition coefficient (Wildman–Crippen LogP) is 4.27. The van der Waals surface area contributed by atoms with Gasteiger partial charge in [0.25, 0.3) is 0 Å². The fourth-order valence-corrected chi connectivity index (χ4v) is 2.46. The molecule has 1 saturated carbocycles. The van der Waals surface area contributed by atoms with Crippen LogP contribution in [-0.4, -0.2) is 18.3 Å². The maximum Gasteiger partial charge on any atom is 0.391 e. The number of hydrazine groups is 1. The summed E-state index contributed by atoms with van der Waals surface area (Å²) in [4.78, 5) is 3.94. The first-order chi connectivity index (χ1) is 9.88. The number of nitrogens with two attached hydrogens (primary N) is 1. The number of nitrogens with zero attached hydrogens (tertiary/aromatic N) is 1. The molecule has 0 saturated heterocycles. The summed E-state index contributed by atoms with van der Waals surface area (Å²) in [6.45, 7) is 0. The number of nitrogen functional groups attached to an aromatic ring is 1. The van der Waals surface area contributed by atoms with E-state index in [1.807, 2.05) is 0 Å². The van der Waals surface area contributed by atoms with Gasteiger partial charge in [0.05, 0.1) is 17.5 Å². The van der Waals surface area contributed by atoms with Crippen molar-refractivity contribution in [1.29, 1.82) is 0 Å². The number of pyridine rings is 1. The summed E-state index contributed by atoms with van der Waals surface area (Å²) in [6, 6.07) is 1.70. The average molecular weight is 370 g/mol. The number of halogens is 4. The molecule has 1 aliphatic carbocycles. The number of methoxy groups -OCH3 is 1. The van der Waals surface area contributed by atoms with Gasteiger partial charge in [-0.15, -0.1) is 0 Å². The van der Waals surface area contributed by atoms with E-state index in [0.717, 1.165) is 23.7 Å². The van der Waals surface area contributed by atoms with Crippen LogP contribution >= 0.6 is 15.9 Å². The van der Waals surface area contributed by atoms with Gasteiger partial charge in [0.15, 0.2) is 0 Å². The van der Waals surface area contributed by atoms with E-state index in [1.54, 1.807) is 19.4 Å². The van der Waals surface area contributed by atoms with Crippen molar-refractivity contribution < 1.29 is 17.9 Å². The molecule has 0 aromatic carbocycles. The second-order valence-corrected chi connectivity index (χ2v) is 5.58. The molecule has 1 fully saturated rings. The van der Waals surface area contributed by atoms with Crippen LogP contribution < -0.4 is 16.0 Å². The number of hydrogen-bond donors (Lipinski definition) is 2. The standard InChI is InChI=1S/C7H11F3.C6H8BrN3O/c8-7(9,10)6-4-2-1-3-5-6;1-11-5-2-6(10-8)9-3-4(5)7/h6H,1-5H2;2-3H,8H2,1H3,(H,9,10). The molecule has 1 heterocycles. The highest BCUT2D eigenvalue weighted by Gasteiger charge is 2.39. The van der Waals surface area contributed by atoms with Crippen LogP contribution in [0.15, 0.2) is 16.7 Å². The molecule has 1 aromatic rings. The zero-order valence-corrected chi connectivity index (χ0v) is 13.3. The van der Waals surface area contributed by atoms with E-state index in [2.05, 4.69) is 26.3 Å². The Morgan fingerprint density at radius 1 is 1.33 bits per heavy atom. The SMILES string of the molecule is COc1cc(NN)ncc1Br.FC(F)(F)C1CCCCC1. The molecule has 0 amide bonds. The Balaban J connectivity index is 0.000000211. The Hall–Kier alpha value is -1.02. The van der Waals surface area contributed by atoms with Crippen LogP contribution in [0.2, 0.25) is 0 Å². The van der Waals surface area contributed by atoms with Crippen molar-refractivity contribution in [2.24, 2.45) is 11.8 Å². The van der Waals surface area contributed by atoms with Crippen molar-refractivity contribution in [2.45, 2.75) is 38.3 Å². The lowest BCUT2D eigenvalue weighted by molar-refractivity contribution is -0.181. The molecule has 0 atom stereocenters. The van der Waals surface area contributed by atoms with Crippen LogP contribution in [0.1, 0.15) is 32.1 Å². The summed E-state index contributed by atoms with van der Waals surface area (Å²) in [5, 5.41) is 0.